The van der Waals surface area contributed by atoms with Crippen molar-refractivity contribution in [2.45, 2.75) is 65.2 Å². The van der Waals surface area contributed by atoms with E-state index in [4.69, 9.17) is 18.9 Å². The molecular weight excluding hydrogens is 610 g/mol. The molecule has 1 aromatic heterocycles. The molecule has 0 saturated heterocycles. The first-order valence-electron chi connectivity index (χ1n) is 15.9. The molecule has 0 aliphatic carbocycles. The molecule has 2 aromatic carbocycles. The van der Waals surface area contributed by atoms with Crippen molar-refractivity contribution in [3.8, 4) is 35.2 Å². The highest BCUT2D eigenvalue weighted by Gasteiger charge is 2.03. The topological polar surface area (TPSA) is 84.0 Å². The maximum atomic E-state index is 11.3. The molecule has 0 amide bonds. The van der Waals surface area contributed by atoms with Gasteiger partial charge in [0.2, 0.25) is 0 Å². The first-order valence-corrected chi connectivity index (χ1v) is 16.7. The fourth-order valence-corrected chi connectivity index (χ4v) is 4.61. The van der Waals surface area contributed by atoms with Gasteiger partial charge in [0.15, 0.2) is 5.01 Å². The van der Waals surface area contributed by atoms with Gasteiger partial charge in [-0.15, -0.1) is 0 Å². The molecule has 47 heavy (non-hydrogen) atoms. The molecule has 7 nitrogen and oxygen atoms in total. The zero-order valence-corrected chi connectivity index (χ0v) is 28.2. The Kier molecular flexibility index (Phi) is 16.5. The van der Waals surface area contributed by atoms with Crippen molar-refractivity contribution < 1.29 is 28.5 Å². The van der Waals surface area contributed by atoms with E-state index in [1.165, 1.54) is 11.3 Å². The molecule has 8 heteroatoms. The van der Waals surface area contributed by atoms with E-state index in [9.17, 15) is 9.59 Å². The molecule has 3 aromatic rings. The zero-order valence-electron chi connectivity index (χ0n) is 27.4. The summed E-state index contributed by atoms with van der Waals surface area (Å²) in [7, 11) is 0. The van der Waals surface area contributed by atoms with Gasteiger partial charge in [0.25, 0.3) is 0 Å². The first-order chi connectivity index (χ1) is 22.8. The number of carbonyl (C=O) groups excluding carboxylic acids is 2. The number of nitrogens with zero attached hydrogens (tertiary/aromatic N) is 1. The Morgan fingerprint density at radius 2 is 1.04 bits per heavy atom. The van der Waals surface area contributed by atoms with E-state index in [1.54, 1.807) is 20.0 Å². The second-order valence-corrected chi connectivity index (χ2v) is 12.0. The Bertz CT molecular complexity index is 1460. The lowest BCUT2D eigenvalue weighted by Gasteiger charge is -2.06. The monoisotopic (exact) mass is 653 g/mol. The highest BCUT2D eigenvalue weighted by Crippen LogP contribution is 2.16. The average Bonchev–Trinajstić information content (AvgIpc) is 3.53. The highest BCUT2D eigenvalue weighted by atomic mass is 32.1. The quantitative estimate of drug-likeness (QED) is 0.0594. The molecule has 3 rings (SSSR count). The highest BCUT2D eigenvalue weighted by molar-refractivity contribution is 7.12. The lowest BCUT2D eigenvalue weighted by molar-refractivity contribution is -0.139. The van der Waals surface area contributed by atoms with Crippen molar-refractivity contribution in [3.63, 3.8) is 0 Å². The summed E-state index contributed by atoms with van der Waals surface area (Å²) in [6.45, 7) is 12.6. The van der Waals surface area contributed by atoms with Gasteiger partial charge < -0.3 is 18.9 Å². The fraction of sp³-hybridized carbons (Fsp3) is 0.359. The van der Waals surface area contributed by atoms with E-state index >= 15 is 0 Å². The minimum Gasteiger partial charge on any atom is -0.494 e. The first kappa shape index (κ1) is 36.7. The average molecular weight is 654 g/mol. The SMILES string of the molecule is C=C(C)C(=O)OCCCCCCOc1ccc(C#Cc2cnc(C#Cc3ccc(OCCCCCCOC(=O)C(=C)C)cc3)s2)cc1. The normalized spacial score (nSPS) is 10.1. The molecule has 0 saturated carbocycles. The number of esters is 2. The minimum absolute atomic E-state index is 0.327. The smallest absolute Gasteiger partial charge is 0.333 e. The summed E-state index contributed by atoms with van der Waals surface area (Å²) in [6.07, 6.45) is 9.29. The molecule has 0 atom stereocenters. The van der Waals surface area contributed by atoms with Gasteiger partial charge in [-0.3, -0.25) is 0 Å². The van der Waals surface area contributed by atoms with Crippen LogP contribution in [0.1, 0.15) is 86.2 Å². The van der Waals surface area contributed by atoms with Crippen LogP contribution in [0.2, 0.25) is 0 Å². The Morgan fingerprint density at radius 3 is 1.49 bits per heavy atom. The van der Waals surface area contributed by atoms with Gasteiger partial charge >= 0.3 is 11.9 Å². The van der Waals surface area contributed by atoms with Crippen molar-refractivity contribution in [1.82, 2.24) is 4.98 Å². The molecule has 0 radical (unpaired) electrons. The molecule has 246 valence electrons. The van der Waals surface area contributed by atoms with Crippen LogP contribution in [-0.4, -0.2) is 43.4 Å². The molecule has 0 unspecified atom stereocenters. The van der Waals surface area contributed by atoms with Crippen LogP contribution in [0.15, 0.2) is 79.0 Å². The van der Waals surface area contributed by atoms with Crippen LogP contribution in [0.4, 0.5) is 0 Å². The summed E-state index contributed by atoms with van der Waals surface area (Å²) in [4.78, 5) is 27.9. The van der Waals surface area contributed by atoms with Crippen LogP contribution in [0.5, 0.6) is 11.5 Å². The van der Waals surface area contributed by atoms with Crippen LogP contribution < -0.4 is 9.47 Å². The molecule has 0 fully saturated rings. The van der Waals surface area contributed by atoms with Gasteiger partial charge in [-0.1, -0.05) is 36.3 Å². The van der Waals surface area contributed by atoms with Crippen molar-refractivity contribution in [3.05, 3.63) is 100 Å². The second kappa shape index (κ2) is 21.1. The fourth-order valence-electron chi connectivity index (χ4n) is 3.99. The van der Waals surface area contributed by atoms with Crippen molar-refractivity contribution in [2.75, 3.05) is 26.4 Å². The summed E-state index contributed by atoms with van der Waals surface area (Å²) in [6, 6.07) is 15.5. The van der Waals surface area contributed by atoms with Gasteiger partial charge in [0, 0.05) is 22.3 Å². The van der Waals surface area contributed by atoms with Crippen LogP contribution in [0.3, 0.4) is 0 Å². The largest absolute Gasteiger partial charge is 0.494 e. The van der Waals surface area contributed by atoms with E-state index in [2.05, 4.69) is 41.8 Å². The second-order valence-electron chi connectivity index (χ2n) is 10.9. The molecule has 0 aliphatic heterocycles. The third-order valence-electron chi connectivity index (χ3n) is 6.64. The number of hydrogen-bond donors (Lipinski definition) is 0. The number of thiazole rings is 1. The van der Waals surface area contributed by atoms with Gasteiger partial charge in [-0.2, -0.15) is 0 Å². The van der Waals surface area contributed by atoms with Crippen molar-refractivity contribution in [2.24, 2.45) is 0 Å². The number of carbonyl (C=O) groups is 2. The Morgan fingerprint density at radius 1 is 0.617 bits per heavy atom. The molecular formula is C39H43NO6S. The van der Waals surface area contributed by atoms with Crippen LogP contribution >= 0.6 is 11.3 Å². The number of benzene rings is 2. The molecule has 0 N–H and O–H groups in total. The molecule has 0 bridgehead atoms. The number of unbranched alkanes of at least 4 members (excludes halogenated alkanes) is 6. The van der Waals surface area contributed by atoms with Crippen molar-refractivity contribution in [1.29, 1.82) is 0 Å². The molecule has 0 aliphatic rings. The Balaban J connectivity index is 1.31. The van der Waals surface area contributed by atoms with Gasteiger partial charge in [0.05, 0.1) is 37.5 Å². The van der Waals surface area contributed by atoms with E-state index in [1.807, 2.05) is 48.5 Å². The number of ether oxygens (including phenoxy) is 4. The van der Waals surface area contributed by atoms with E-state index in [0.29, 0.717) is 42.6 Å². The predicted molar refractivity (Wildman–Crippen MR) is 186 cm³/mol. The standard InChI is InChI=1S/C39H43NO6S/c1-30(2)38(41)45-27-11-7-5-9-25-43-34-19-13-32(14-20-34)17-23-36-29-40-37(47-36)24-18-33-15-21-35(22-16-33)44-26-10-6-8-12-28-46-39(42)31(3)4/h13-16,19-22,29H,1,3,5-12,25-28H2,2,4H3. The lowest BCUT2D eigenvalue weighted by atomic mass is 10.2. The maximum absolute atomic E-state index is 11.3. The number of rotatable bonds is 18. The third kappa shape index (κ3) is 15.4. The van der Waals surface area contributed by atoms with E-state index in [-0.39, 0.29) is 11.9 Å². The van der Waals surface area contributed by atoms with Crippen molar-refractivity contribution >= 4 is 23.3 Å². The zero-order chi connectivity index (χ0) is 33.7. The third-order valence-corrected chi connectivity index (χ3v) is 7.46. The predicted octanol–water partition coefficient (Wildman–Crippen LogP) is 8.06. The number of hydrogen-bond acceptors (Lipinski definition) is 8. The minimum atomic E-state index is -0.327. The summed E-state index contributed by atoms with van der Waals surface area (Å²) in [5, 5.41) is 0.709. The summed E-state index contributed by atoms with van der Waals surface area (Å²) >= 11 is 1.46. The summed E-state index contributed by atoms with van der Waals surface area (Å²) in [5.74, 6) is 13.6. The lowest BCUT2D eigenvalue weighted by Crippen LogP contribution is -2.06. The Labute approximate surface area is 283 Å². The Hall–Kier alpha value is -4.79. The van der Waals surface area contributed by atoms with Crippen LogP contribution in [0.25, 0.3) is 0 Å². The van der Waals surface area contributed by atoms with E-state index in [0.717, 1.165) is 78.9 Å². The molecule has 0 spiro atoms. The van der Waals surface area contributed by atoms with Gasteiger partial charge in [0.1, 0.15) is 11.5 Å². The summed E-state index contributed by atoms with van der Waals surface area (Å²) < 4.78 is 21.9. The van der Waals surface area contributed by atoms with Gasteiger partial charge in [-0.05, 0) is 126 Å². The number of aromatic nitrogens is 1. The molecule has 1 heterocycles. The summed E-state index contributed by atoms with van der Waals surface area (Å²) in [5.41, 5.74) is 2.64. The van der Waals surface area contributed by atoms with Gasteiger partial charge in [-0.25, -0.2) is 14.6 Å². The van der Waals surface area contributed by atoms with Crippen LogP contribution in [0, 0.1) is 23.7 Å². The van der Waals surface area contributed by atoms with E-state index < -0.39 is 0 Å². The maximum Gasteiger partial charge on any atom is 0.333 e. The van der Waals surface area contributed by atoms with Crippen LogP contribution in [-0.2, 0) is 19.1 Å².